The first-order chi connectivity index (χ1) is 13.0. The highest BCUT2D eigenvalue weighted by atomic mass is 32.2. The number of hydrogen-bond acceptors (Lipinski definition) is 6. The van der Waals surface area contributed by atoms with Gasteiger partial charge in [0.2, 0.25) is 5.91 Å². The van der Waals surface area contributed by atoms with Gasteiger partial charge >= 0.3 is 0 Å². The number of amides is 3. The molecule has 8 heteroatoms. The van der Waals surface area contributed by atoms with Gasteiger partial charge in [0.1, 0.15) is 18.0 Å². The number of methoxy groups -OCH3 is 1. The molecule has 0 atom stereocenters. The Hall–Kier alpha value is -3.26. The molecule has 0 saturated carbocycles. The van der Waals surface area contributed by atoms with Crippen molar-refractivity contribution in [3.05, 3.63) is 59.0 Å². The van der Waals surface area contributed by atoms with Crippen molar-refractivity contribution in [1.29, 1.82) is 0 Å². The van der Waals surface area contributed by atoms with Crippen molar-refractivity contribution >= 4 is 40.6 Å². The number of rotatable bonds is 5. The Morgan fingerprint density at radius 3 is 2.56 bits per heavy atom. The van der Waals surface area contributed by atoms with Crippen molar-refractivity contribution < 1.29 is 24.2 Å². The largest absolute Gasteiger partial charge is 0.506 e. The molecular weight excluding hydrogens is 368 g/mol. The van der Waals surface area contributed by atoms with Gasteiger partial charge in [0.25, 0.3) is 11.1 Å². The van der Waals surface area contributed by atoms with Crippen molar-refractivity contribution in [1.82, 2.24) is 4.90 Å². The summed E-state index contributed by atoms with van der Waals surface area (Å²) in [5.74, 6) is -0.529. The number of phenolic OH excluding ortho intramolecular Hbond substituents is 1. The minimum absolute atomic E-state index is 0.0978. The van der Waals surface area contributed by atoms with Gasteiger partial charge in [-0.1, -0.05) is 24.3 Å². The molecule has 2 aromatic carbocycles. The molecule has 1 aliphatic heterocycles. The van der Waals surface area contributed by atoms with Crippen LogP contribution in [-0.2, 0) is 9.59 Å². The van der Waals surface area contributed by atoms with Gasteiger partial charge in [0.15, 0.2) is 0 Å². The zero-order chi connectivity index (χ0) is 19.4. The normalized spacial score (nSPS) is 15.3. The SMILES string of the molecule is COc1ccc(/C=C2/SC(=O)N(CC(=O)Nc3ccccc3O)C2=O)cc1. The number of aromatic hydroxyl groups is 1. The number of phenols is 1. The zero-order valence-electron chi connectivity index (χ0n) is 14.3. The molecule has 3 rings (SSSR count). The maximum atomic E-state index is 12.5. The Morgan fingerprint density at radius 2 is 1.89 bits per heavy atom. The molecule has 7 nitrogen and oxygen atoms in total. The fourth-order valence-electron chi connectivity index (χ4n) is 2.40. The third kappa shape index (κ3) is 4.29. The number of carbonyl (C=O) groups is 3. The van der Waals surface area contributed by atoms with E-state index in [1.54, 1.807) is 49.6 Å². The standard InChI is InChI=1S/C19H16N2O5S/c1-26-13-8-6-12(7-9-13)10-16-18(24)21(19(25)27-16)11-17(23)20-14-4-2-3-5-15(14)22/h2-10,22H,11H2,1H3,(H,20,23)/b16-10+. The lowest BCUT2D eigenvalue weighted by molar-refractivity contribution is -0.127. The van der Waals surface area contributed by atoms with E-state index in [9.17, 15) is 19.5 Å². The van der Waals surface area contributed by atoms with Crippen LogP contribution in [-0.4, -0.2) is 40.7 Å². The third-order valence-electron chi connectivity index (χ3n) is 3.77. The number of para-hydroxylation sites is 2. The minimum atomic E-state index is -0.579. The van der Waals surface area contributed by atoms with E-state index in [1.165, 1.54) is 12.1 Å². The summed E-state index contributed by atoms with van der Waals surface area (Å²) in [4.78, 5) is 37.8. The average Bonchev–Trinajstić information content (AvgIpc) is 2.91. The van der Waals surface area contributed by atoms with Crippen LogP contribution in [0.1, 0.15) is 5.56 Å². The maximum Gasteiger partial charge on any atom is 0.294 e. The lowest BCUT2D eigenvalue weighted by Crippen LogP contribution is -2.36. The van der Waals surface area contributed by atoms with E-state index in [2.05, 4.69) is 5.32 Å². The fraction of sp³-hybridized carbons (Fsp3) is 0.105. The molecule has 3 amide bonds. The Kier molecular flexibility index (Phi) is 5.46. The molecule has 138 valence electrons. The highest BCUT2D eigenvalue weighted by Crippen LogP contribution is 2.32. The molecular formula is C19H16N2O5S. The van der Waals surface area contributed by atoms with Crippen LogP contribution in [0.25, 0.3) is 6.08 Å². The van der Waals surface area contributed by atoms with Crippen LogP contribution in [0.2, 0.25) is 0 Å². The summed E-state index contributed by atoms with van der Waals surface area (Å²) in [7, 11) is 1.56. The number of benzene rings is 2. The molecule has 1 heterocycles. The summed E-state index contributed by atoms with van der Waals surface area (Å²) < 4.78 is 5.08. The van der Waals surface area contributed by atoms with Gasteiger partial charge in [-0.25, -0.2) is 0 Å². The second-order valence-corrected chi connectivity index (χ2v) is 6.60. The number of ether oxygens (including phenoxy) is 1. The fourth-order valence-corrected chi connectivity index (χ4v) is 3.24. The van der Waals surface area contributed by atoms with Gasteiger partial charge in [-0.15, -0.1) is 0 Å². The summed E-state index contributed by atoms with van der Waals surface area (Å²) in [6.45, 7) is -0.432. The summed E-state index contributed by atoms with van der Waals surface area (Å²) in [6, 6.07) is 13.2. The monoisotopic (exact) mass is 384 g/mol. The smallest absolute Gasteiger partial charge is 0.294 e. The predicted octanol–water partition coefficient (Wildman–Crippen LogP) is 3.08. The number of nitrogens with one attached hydrogen (secondary N) is 1. The highest BCUT2D eigenvalue weighted by Gasteiger charge is 2.36. The number of anilines is 1. The second-order valence-electron chi connectivity index (χ2n) is 5.61. The van der Waals surface area contributed by atoms with Crippen LogP contribution in [0.5, 0.6) is 11.5 Å². The quantitative estimate of drug-likeness (QED) is 0.608. The molecule has 1 aliphatic rings. The van der Waals surface area contributed by atoms with Crippen molar-refractivity contribution in [2.75, 3.05) is 19.0 Å². The Morgan fingerprint density at radius 1 is 1.19 bits per heavy atom. The van der Waals surface area contributed by atoms with Crippen molar-refractivity contribution in [3.8, 4) is 11.5 Å². The minimum Gasteiger partial charge on any atom is -0.506 e. The molecule has 2 aromatic rings. The molecule has 27 heavy (non-hydrogen) atoms. The van der Waals surface area contributed by atoms with E-state index < -0.39 is 23.6 Å². The van der Waals surface area contributed by atoms with Crippen LogP contribution < -0.4 is 10.1 Å². The first-order valence-corrected chi connectivity index (χ1v) is 8.77. The van der Waals surface area contributed by atoms with Gasteiger partial charge in [0.05, 0.1) is 17.7 Å². The maximum absolute atomic E-state index is 12.5. The molecule has 0 bridgehead atoms. The average molecular weight is 384 g/mol. The van der Waals surface area contributed by atoms with E-state index in [-0.39, 0.29) is 16.3 Å². The van der Waals surface area contributed by atoms with Crippen molar-refractivity contribution in [3.63, 3.8) is 0 Å². The van der Waals surface area contributed by atoms with Crippen LogP contribution in [0, 0.1) is 0 Å². The van der Waals surface area contributed by atoms with E-state index in [0.29, 0.717) is 5.75 Å². The number of carbonyl (C=O) groups excluding carboxylic acids is 3. The van der Waals surface area contributed by atoms with Crippen molar-refractivity contribution in [2.24, 2.45) is 0 Å². The van der Waals surface area contributed by atoms with Gasteiger partial charge in [-0.3, -0.25) is 19.3 Å². The molecule has 0 unspecified atom stereocenters. The molecule has 1 saturated heterocycles. The Bertz CT molecular complexity index is 924. The summed E-state index contributed by atoms with van der Waals surface area (Å²) in [6.07, 6.45) is 1.59. The molecule has 2 N–H and O–H groups in total. The van der Waals surface area contributed by atoms with Gasteiger partial charge in [-0.05, 0) is 47.7 Å². The van der Waals surface area contributed by atoms with Crippen LogP contribution in [0.4, 0.5) is 10.5 Å². The van der Waals surface area contributed by atoms with Crippen molar-refractivity contribution in [2.45, 2.75) is 0 Å². The highest BCUT2D eigenvalue weighted by molar-refractivity contribution is 8.18. The zero-order valence-corrected chi connectivity index (χ0v) is 15.2. The van der Waals surface area contributed by atoms with E-state index in [0.717, 1.165) is 22.2 Å². The Balaban J connectivity index is 1.69. The summed E-state index contributed by atoms with van der Waals surface area (Å²) >= 11 is 0.776. The topological polar surface area (TPSA) is 95.9 Å². The van der Waals surface area contributed by atoms with Gasteiger partial charge < -0.3 is 15.2 Å². The molecule has 1 fully saturated rings. The molecule has 0 aromatic heterocycles. The number of thioether (sulfide) groups is 1. The summed E-state index contributed by atoms with van der Waals surface area (Å²) in [5.41, 5.74) is 0.947. The lowest BCUT2D eigenvalue weighted by atomic mass is 10.2. The first kappa shape index (κ1) is 18.5. The Labute approximate surface area is 159 Å². The first-order valence-electron chi connectivity index (χ1n) is 7.95. The van der Waals surface area contributed by atoms with Gasteiger partial charge in [0, 0.05) is 0 Å². The van der Waals surface area contributed by atoms with Crippen LogP contribution in [0.3, 0.4) is 0 Å². The van der Waals surface area contributed by atoms with E-state index in [1.807, 2.05) is 0 Å². The number of imide groups is 1. The molecule has 0 aliphatic carbocycles. The van der Waals surface area contributed by atoms with Crippen LogP contribution in [0.15, 0.2) is 53.4 Å². The number of nitrogens with zero attached hydrogens (tertiary/aromatic N) is 1. The molecule has 0 radical (unpaired) electrons. The van der Waals surface area contributed by atoms with Crippen LogP contribution >= 0.6 is 11.8 Å². The third-order valence-corrected chi connectivity index (χ3v) is 4.67. The van der Waals surface area contributed by atoms with E-state index >= 15 is 0 Å². The summed E-state index contributed by atoms with van der Waals surface area (Å²) in [5, 5.41) is 11.6. The number of hydrogen-bond donors (Lipinski definition) is 2. The lowest BCUT2D eigenvalue weighted by Gasteiger charge is -2.13. The predicted molar refractivity (Wildman–Crippen MR) is 102 cm³/mol. The second kappa shape index (κ2) is 7.96. The van der Waals surface area contributed by atoms with Gasteiger partial charge in [-0.2, -0.15) is 0 Å². The van der Waals surface area contributed by atoms with E-state index in [4.69, 9.17) is 4.74 Å². The molecule has 0 spiro atoms.